The molecule has 0 radical (unpaired) electrons. The van der Waals surface area contributed by atoms with Gasteiger partial charge in [0.05, 0.1) is 0 Å². The van der Waals surface area contributed by atoms with Crippen LogP contribution in [0.1, 0.15) is 11.8 Å². The van der Waals surface area contributed by atoms with E-state index in [9.17, 15) is 10.00 Å². The van der Waals surface area contributed by atoms with Crippen LogP contribution in [0.25, 0.3) is 11.2 Å². The van der Waals surface area contributed by atoms with Crippen LogP contribution in [0.5, 0.6) is 6.01 Å². The summed E-state index contributed by atoms with van der Waals surface area (Å²) in [4.78, 5) is 22.9. The predicted molar refractivity (Wildman–Crippen MR) is 110 cm³/mol. The third-order valence-electron chi connectivity index (χ3n) is 5.12. The van der Waals surface area contributed by atoms with E-state index in [-0.39, 0.29) is 25.0 Å². The molecule has 0 aliphatic carbocycles. The second-order valence-electron chi connectivity index (χ2n) is 7.32. The third-order valence-corrected chi connectivity index (χ3v) is 6.53. The van der Waals surface area contributed by atoms with E-state index in [1.54, 1.807) is 4.57 Å². The first-order valence-electron chi connectivity index (χ1n) is 9.46. The molecule has 2 aromatic heterocycles. The zero-order chi connectivity index (χ0) is 20.9. The fourth-order valence-electron chi connectivity index (χ4n) is 3.70. The number of benzene rings is 1. The number of hydrogen-bond acceptors (Lipinski definition) is 10. The molecule has 1 aromatic carbocycles. The van der Waals surface area contributed by atoms with Gasteiger partial charge in [0.2, 0.25) is 0 Å². The minimum atomic E-state index is -3.31. The molecule has 4 atom stereocenters. The van der Waals surface area contributed by atoms with E-state index in [0.717, 1.165) is 5.56 Å². The normalized spacial score (nSPS) is 28.9. The van der Waals surface area contributed by atoms with Gasteiger partial charge in [-0.15, -0.1) is 0 Å². The molecule has 0 spiro atoms. The molecule has 158 valence electrons. The fraction of sp³-hybridized carbons (Fsp3) is 0.353. The number of nitrogens with zero attached hydrogens (tertiary/aromatic N) is 4. The SMILES string of the molecule is B[PH]1(O)OC[C@H]2O[C@@H](n3c(OCc4ccccc4)nc4c(N)ncnc43)C(O)[C@@H]2O1. The van der Waals surface area contributed by atoms with E-state index in [1.165, 1.54) is 13.9 Å². The molecule has 4 heterocycles. The summed E-state index contributed by atoms with van der Waals surface area (Å²) in [7, 11) is -1.81. The maximum atomic E-state index is 11.0. The number of nitrogen functional groups attached to an aromatic ring is 1. The van der Waals surface area contributed by atoms with Gasteiger partial charge in [0, 0.05) is 0 Å². The molecule has 30 heavy (non-hydrogen) atoms. The summed E-state index contributed by atoms with van der Waals surface area (Å²) in [6, 6.07) is 9.76. The Morgan fingerprint density at radius 2 is 2.10 bits per heavy atom. The van der Waals surface area contributed by atoms with Crippen molar-refractivity contribution in [2.45, 2.75) is 31.1 Å². The fourth-order valence-corrected chi connectivity index (χ4v) is 5.03. The molecule has 2 saturated heterocycles. The molecule has 0 amide bonds. The number of hydrogen-bond donors (Lipinski definition) is 3. The number of aromatic nitrogens is 4. The van der Waals surface area contributed by atoms with E-state index in [2.05, 4.69) is 15.0 Å². The molecule has 4 N–H and O–H groups in total. The number of aliphatic hydroxyl groups is 1. The topological polar surface area (TPSA) is 147 Å². The molecular weight excluding hydrogens is 412 g/mol. The first kappa shape index (κ1) is 19.6. The summed E-state index contributed by atoms with van der Waals surface area (Å²) >= 11 is 0. The maximum absolute atomic E-state index is 11.0. The van der Waals surface area contributed by atoms with Gasteiger partial charge in [0.1, 0.15) is 0 Å². The van der Waals surface area contributed by atoms with Gasteiger partial charge >= 0.3 is 172 Å². The van der Waals surface area contributed by atoms with Gasteiger partial charge in [-0.1, -0.05) is 0 Å². The number of fused-ring (bicyclic) bond motifs is 2. The van der Waals surface area contributed by atoms with Gasteiger partial charge < -0.3 is 0 Å². The van der Waals surface area contributed by atoms with Crippen LogP contribution >= 0.6 is 7.82 Å². The molecule has 5 rings (SSSR count). The Morgan fingerprint density at radius 3 is 2.90 bits per heavy atom. The summed E-state index contributed by atoms with van der Waals surface area (Å²) in [5.74, 6) is 0.183. The molecule has 2 aliphatic rings. The van der Waals surface area contributed by atoms with Crippen LogP contribution in [-0.2, 0) is 20.4 Å². The van der Waals surface area contributed by atoms with E-state index in [4.69, 9.17) is 24.3 Å². The van der Waals surface area contributed by atoms with E-state index < -0.39 is 32.4 Å². The van der Waals surface area contributed by atoms with Gasteiger partial charge in [-0.05, 0) is 0 Å². The van der Waals surface area contributed by atoms with Gasteiger partial charge in [0.15, 0.2) is 0 Å². The second kappa shape index (κ2) is 7.42. The Labute approximate surface area is 172 Å². The number of rotatable bonds is 4. The summed E-state index contributed by atoms with van der Waals surface area (Å²) in [5, 5.41) is 11.0. The summed E-state index contributed by atoms with van der Waals surface area (Å²) in [6.07, 6.45) is -2.02. The van der Waals surface area contributed by atoms with Crippen molar-refractivity contribution in [2.24, 2.45) is 0 Å². The average molecular weight is 433 g/mol. The molecule has 2 fully saturated rings. The molecule has 1 unspecified atom stereocenters. The zero-order valence-electron chi connectivity index (χ0n) is 16.1. The Morgan fingerprint density at radius 1 is 1.30 bits per heavy atom. The van der Waals surface area contributed by atoms with Crippen molar-refractivity contribution >= 4 is 32.4 Å². The Hall–Kier alpha value is -2.34. The van der Waals surface area contributed by atoms with Crippen molar-refractivity contribution in [3.8, 4) is 6.01 Å². The molecule has 13 heteroatoms. The minimum absolute atomic E-state index is 0.113. The first-order valence-corrected chi connectivity index (χ1v) is 11.7. The van der Waals surface area contributed by atoms with Crippen molar-refractivity contribution < 1.29 is 28.5 Å². The van der Waals surface area contributed by atoms with Crippen LogP contribution < -0.4 is 10.5 Å². The number of imidazole rings is 1. The van der Waals surface area contributed by atoms with Crippen LogP contribution in [0.3, 0.4) is 0 Å². The third kappa shape index (κ3) is 3.41. The molecule has 11 nitrogen and oxygen atoms in total. The van der Waals surface area contributed by atoms with Crippen molar-refractivity contribution in [2.75, 3.05) is 12.3 Å². The predicted octanol–water partition coefficient (Wildman–Crippen LogP) is -0.304. The van der Waals surface area contributed by atoms with E-state index in [0.29, 0.717) is 11.2 Å². The molecule has 2 aliphatic heterocycles. The number of nitrogens with two attached hydrogens (primary N) is 1. The van der Waals surface area contributed by atoms with Gasteiger partial charge in [-0.25, -0.2) is 0 Å². The summed E-state index contributed by atoms with van der Waals surface area (Å²) in [5.41, 5.74) is 7.61. The quantitative estimate of drug-likeness (QED) is 0.370. The van der Waals surface area contributed by atoms with Crippen molar-refractivity contribution in [3.05, 3.63) is 42.2 Å². The number of ether oxygens (including phenoxy) is 2. The van der Waals surface area contributed by atoms with Gasteiger partial charge in [-0.3, -0.25) is 0 Å². The number of anilines is 1. The van der Waals surface area contributed by atoms with Gasteiger partial charge in [0.25, 0.3) is 0 Å². The molecule has 0 bridgehead atoms. The van der Waals surface area contributed by atoms with E-state index in [1.807, 2.05) is 30.3 Å². The van der Waals surface area contributed by atoms with Crippen molar-refractivity contribution in [1.29, 1.82) is 0 Å². The Kier molecular flexibility index (Phi) is 4.85. The van der Waals surface area contributed by atoms with Gasteiger partial charge in [-0.2, -0.15) is 0 Å². The average Bonchev–Trinajstić information content (AvgIpc) is 3.25. The Balaban J connectivity index is 1.52. The molecular formula is C17H21BN5O6P. The van der Waals surface area contributed by atoms with E-state index >= 15 is 0 Å². The first-order chi connectivity index (χ1) is 14.4. The van der Waals surface area contributed by atoms with Crippen molar-refractivity contribution in [1.82, 2.24) is 19.5 Å². The van der Waals surface area contributed by atoms with Crippen molar-refractivity contribution in [3.63, 3.8) is 0 Å². The van der Waals surface area contributed by atoms with Crippen LogP contribution in [0.4, 0.5) is 5.82 Å². The zero-order valence-corrected chi connectivity index (χ0v) is 17.1. The number of aliphatic hydroxyl groups excluding tert-OH is 1. The molecule has 0 saturated carbocycles. The van der Waals surface area contributed by atoms with Crippen LogP contribution in [0.2, 0.25) is 0 Å². The summed E-state index contributed by atoms with van der Waals surface area (Å²) in [6.45, 7) is 0.357. The van der Waals surface area contributed by atoms with Crippen LogP contribution in [-0.4, -0.2) is 62.0 Å². The Bertz CT molecular complexity index is 1070. The summed E-state index contributed by atoms with van der Waals surface area (Å²) < 4.78 is 24.5. The van der Waals surface area contributed by atoms with Crippen LogP contribution in [0.15, 0.2) is 36.7 Å². The van der Waals surface area contributed by atoms with Crippen LogP contribution in [0, 0.1) is 0 Å². The monoisotopic (exact) mass is 433 g/mol. The second-order valence-corrected chi connectivity index (χ2v) is 9.64. The standard InChI is InChI=1S/C17H21BN5O6P/c18-30(25)27-7-10-13(29-30)12(24)16(28-10)23-15-11(14(19)20-8-21-15)22-17(23)26-6-9-4-2-1-3-5-9/h1-5,8,10,12-13,16,24-25,30H,6-7,18H2,(H2,19,20,21)/t10-,12?,13-,16-/m1/s1. The molecule has 3 aromatic rings.